The van der Waals surface area contributed by atoms with E-state index >= 15 is 0 Å². The maximum Gasteiger partial charge on any atom is 0.0700 e. The van der Waals surface area contributed by atoms with Crippen LogP contribution in [0.1, 0.15) is 53.4 Å². The molecule has 0 aromatic rings. The molecule has 0 radical (unpaired) electrons. The van der Waals surface area contributed by atoms with Gasteiger partial charge in [-0.1, -0.05) is 35.5 Å². The largest absolute Gasteiger partial charge is 0.392 e. The van der Waals surface area contributed by atoms with E-state index in [1.807, 2.05) is 20.8 Å². The highest BCUT2D eigenvalue weighted by Gasteiger charge is 2.50. The van der Waals surface area contributed by atoms with Gasteiger partial charge in [0.15, 0.2) is 0 Å². The predicted molar refractivity (Wildman–Crippen MR) is 93.9 cm³/mol. The van der Waals surface area contributed by atoms with Crippen molar-refractivity contribution in [2.45, 2.75) is 71.2 Å². The Kier molecular flexibility index (Phi) is 5.55. The van der Waals surface area contributed by atoms with E-state index in [4.69, 9.17) is 0 Å². The van der Waals surface area contributed by atoms with E-state index in [9.17, 15) is 15.3 Å². The zero-order valence-electron chi connectivity index (χ0n) is 14.9. The minimum Gasteiger partial charge on any atom is -0.392 e. The summed E-state index contributed by atoms with van der Waals surface area (Å²) in [7, 11) is 0. The maximum absolute atomic E-state index is 11.0. The molecule has 6 atom stereocenters. The Balaban J connectivity index is 2.26. The second-order valence-corrected chi connectivity index (χ2v) is 7.94. The van der Waals surface area contributed by atoms with Crippen LogP contribution in [0.15, 0.2) is 35.5 Å². The summed E-state index contributed by atoms with van der Waals surface area (Å²) in [4.78, 5) is 0. The van der Waals surface area contributed by atoms with Crippen molar-refractivity contribution in [3.8, 4) is 0 Å². The van der Waals surface area contributed by atoms with Crippen LogP contribution < -0.4 is 0 Å². The predicted octanol–water partition coefficient (Wildman–Crippen LogP) is 3.36. The molecule has 0 unspecified atom stereocenters. The van der Waals surface area contributed by atoms with Crippen LogP contribution in [0.3, 0.4) is 0 Å². The monoisotopic (exact) mass is 320 g/mol. The van der Waals surface area contributed by atoms with Crippen molar-refractivity contribution in [2.24, 2.45) is 17.8 Å². The summed E-state index contributed by atoms with van der Waals surface area (Å²) in [5, 5.41) is 32.7. The summed E-state index contributed by atoms with van der Waals surface area (Å²) in [6.45, 7) is 12.0. The number of fused-ring (bicyclic) bond motifs is 1. The maximum atomic E-state index is 11.0. The highest BCUT2D eigenvalue weighted by molar-refractivity contribution is 5.26. The molecule has 0 aromatic heterocycles. The second-order valence-electron chi connectivity index (χ2n) is 7.94. The van der Waals surface area contributed by atoms with E-state index in [0.717, 1.165) is 24.0 Å². The fraction of sp³-hybridized carbons (Fsp3) is 0.700. The summed E-state index contributed by atoms with van der Waals surface area (Å²) in [6.07, 6.45) is 5.38. The third kappa shape index (κ3) is 3.78. The van der Waals surface area contributed by atoms with Gasteiger partial charge in [0.25, 0.3) is 0 Å². The molecular formula is C20H32O3. The molecule has 2 rings (SSSR count). The third-order valence-corrected chi connectivity index (χ3v) is 5.72. The van der Waals surface area contributed by atoms with E-state index in [0.29, 0.717) is 12.8 Å². The SMILES string of the molecule is C=C1C[C@H](O)[C@@H]([C@](C)(O)CCC=C(C)C)[C@@H](O)[C@@H]2C(C)=CC[C@@H]12. The highest BCUT2D eigenvalue weighted by Crippen LogP contribution is 2.48. The lowest BCUT2D eigenvalue weighted by Gasteiger charge is -2.40. The summed E-state index contributed by atoms with van der Waals surface area (Å²) in [5.74, 6) is -0.390. The Labute approximate surface area is 140 Å². The van der Waals surface area contributed by atoms with Gasteiger partial charge in [-0.25, -0.2) is 0 Å². The van der Waals surface area contributed by atoms with Gasteiger partial charge in [0.1, 0.15) is 0 Å². The average Bonchev–Trinajstić information content (AvgIpc) is 2.74. The van der Waals surface area contributed by atoms with Gasteiger partial charge in [-0.3, -0.25) is 0 Å². The van der Waals surface area contributed by atoms with Crippen molar-refractivity contribution < 1.29 is 15.3 Å². The zero-order chi connectivity index (χ0) is 17.4. The molecule has 0 saturated heterocycles. The van der Waals surface area contributed by atoms with Crippen molar-refractivity contribution >= 4 is 0 Å². The zero-order valence-corrected chi connectivity index (χ0v) is 14.9. The number of rotatable bonds is 4. The van der Waals surface area contributed by atoms with E-state index in [2.05, 4.69) is 18.7 Å². The van der Waals surface area contributed by atoms with Crippen LogP contribution >= 0.6 is 0 Å². The summed E-state index contributed by atoms with van der Waals surface area (Å²) in [5.41, 5.74) is 2.26. The second kappa shape index (κ2) is 6.92. The lowest BCUT2D eigenvalue weighted by atomic mass is 9.73. The van der Waals surface area contributed by atoms with Crippen molar-refractivity contribution in [3.63, 3.8) is 0 Å². The smallest absolute Gasteiger partial charge is 0.0700 e. The lowest BCUT2D eigenvalue weighted by Crippen LogP contribution is -2.50. The normalized spacial score (nSPS) is 36.7. The van der Waals surface area contributed by atoms with Gasteiger partial charge in [-0.2, -0.15) is 0 Å². The van der Waals surface area contributed by atoms with Crippen molar-refractivity contribution in [1.29, 1.82) is 0 Å². The first kappa shape index (κ1) is 18.4. The first-order valence-electron chi connectivity index (χ1n) is 8.71. The van der Waals surface area contributed by atoms with Gasteiger partial charge in [0.2, 0.25) is 0 Å². The Morgan fingerprint density at radius 3 is 2.65 bits per heavy atom. The number of aliphatic hydroxyl groups is 3. The van der Waals surface area contributed by atoms with Gasteiger partial charge >= 0.3 is 0 Å². The van der Waals surface area contributed by atoms with Gasteiger partial charge in [0, 0.05) is 11.8 Å². The molecule has 2 aliphatic carbocycles. The van der Waals surface area contributed by atoms with Crippen LogP contribution in [0, 0.1) is 17.8 Å². The Morgan fingerprint density at radius 1 is 1.39 bits per heavy atom. The summed E-state index contributed by atoms with van der Waals surface area (Å²) < 4.78 is 0. The number of hydrogen-bond acceptors (Lipinski definition) is 3. The Bertz CT molecular complexity index is 511. The molecule has 3 N–H and O–H groups in total. The molecule has 23 heavy (non-hydrogen) atoms. The highest BCUT2D eigenvalue weighted by atomic mass is 16.3. The van der Waals surface area contributed by atoms with Crippen LogP contribution in [0.2, 0.25) is 0 Å². The van der Waals surface area contributed by atoms with E-state index < -0.39 is 23.7 Å². The van der Waals surface area contributed by atoms with Gasteiger partial charge < -0.3 is 15.3 Å². The molecule has 0 aliphatic heterocycles. The van der Waals surface area contributed by atoms with Crippen LogP contribution in [-0.4, -0.2) is 33.1 Å². The Morgan fingerprint density at radius 2 is 2.04 bits per heavy atom. The van der Waals surface area contributed by atoms with Gasteiger partial charge in [-0.05, 0) is 59.3 Å². The number of allylic oxidation sites excluding steroid dienone is 3. The van der Waals surface area contributed by atoms with E-state index in [1.54, 1.807) is 6.92 Å². The van der Waals surface area contributed by atoms with Crippen LogP contribution in [0.5, 0.6) is 0 Å². The van der Waals surface area contributed by atoms with Gasteiger partial charge in [0.05, 0.1) is 17.8 Å². The van der Waals surface area contributed by atoms with E-state index in [-0.39, 0.29) is 11.8 Å². The van der Waals surface area contributed by atoms with Crippen LogP contribution in [-0.2, 0) is 0 Å². The molecule has 3 heteroatoms. The molecule has 0 bridgehead atoms. The average molecular weight is 320 g/mol. The van der Waals surface area contributed by atoms with Crippen molar-refractivity contribution in [1.82, 2.24) is 0 Å². The molecule has 0 aromatic carbocycles. The van der Waals surface area contributed by atoms with Crippen LogP contribution in [0.25, 0.3) is 0 Å². The minimum atomic E-state index is -1.11. The lowest BCUT2D eigenvalue weighted by molar-refractivity contribution is -0.121. The van der Waals surface area contributed by atoms with Crippen molar-refractivity contribution in [3.05, 3.63) is 35.5 Å². The summed E-state index contributed by atoms with van der Waals surface area (Å²) >= 11 is 0. The number of hydrogen-bond donors (Lipinski definition) is 3. The third-order valence-electron chi connectivity index (χ3n) is 5.72. The minimum absolute atomic E-state index is 0.0282. The first-order chi connectivity index (χ1) is 10.6. The molecule has 0 spiro atoms. The van der Waals surface area contributed by atoms with E-state index in [1.165, 1.54) is 5.57 Å². The number of aliphatic hydroxyl groups excluding tert-OH is 2. The van der Waals surface area contributed by atoms with Crippen LogP contribution in [0.4, 0.5) is 0 Å². The summed E-state index contributed by atoms with van der Waals surface area (Å²) in [6, 6.07) is 0. The molecular weight excluding hydrogens is 288 g/mol. The molecule has 0 amide bonds. The van der Waals surface area contributed by atoms with Gasteiger partial charge in [-0.15, -0.1) is 0 Å². The Hall–Kier alpha value is -0.900. The molecule has 0 heterocycles. The topological polar surface area (TPSA) is 60.7 Å². The molecule has 2 aliphatic rings. The standard InChI is InChI=1S/C20H32O3/c1-12(2)7-6-10-20(5,23)18-16(21)11-14(4)15-9-8-13(3)17(15)19(18)22/h7-8,15-19,21-23H,4,6,9-11H2,1-3,5H3/t15-,16-,17+,18+,19-,20+/m0/s1. The molecule has 1 fully saturated rings. The molecule has 130 valence electrons. The molecule has 3 nitrogen and oxygen atoms in total. The quantitative estimate of drug-likeness (QED) is 0.696. The molecule has 1 saturated carbocycles. The fourth-order valence-corrected chi connectivity index (χ4v) is 4.44. The fourth-order valence-electron chi connectivity index (χ4n) is 4.44. The van der Waals surface area contributed by atoms with Crippen molar-refractivity contribution in [2.75, 3.05) is 0 Å². The first-order valence-corrected chi connectivity index (χ1v) is 8.71.